The van der Waals surface area contributed by atoms with Crippen LogP contribution in [-0.4, -0.2) is 40.9 Å². The van der Waals surface area contributed by atoms with E-state index < -0.39 is 0 Å². The molecule has 0 spiro atoms. The zero-order valence-electron chi connectivity index (χ0n) is 14.2. The van der Waals surface area contributed by atoms with E-state index in [1.54, 1.807) is 11.3 Å². The molecule has 0 saturated carbocycles. The second-order valence-electron chi connectivity index (χ2n) is 6.07. The van der Waals surface area contributed by atoms with Crippen LogP contribution >= 0.6 is 23.1 Å². The van der Waals surface area contributed by atoms with Gasteiger partial charge in [-0.2, -0.15) is 0 Å². The smallest absolute Gasteiger partial charge is 0.230 e. The number of hydrogen-bond acceptors (Lipinski definition) is 6. The number of aromatic nitrogens is 2. The van der Waals surface area contributed by atoms with Gasteiger partial charge in [0.15, 0.2) is 5.82 Å². The van der Waals surface area contributed by atoms with E-state index in [0.717, 1.165) is 40.3 Å². The summed E-state index contributed by atoms with van der Waals surface area (Å²) in [6.45, 7) is 1.39. The number of fused-ring (bicyclic) bond motifs is 1. The van der Waals surface area contributed by atoms with E-state index in [0.29, 0.717) is 18.1 Å². The van der Waals surface area contributed by atoms with Crippen molar-refractivity contribution in [1.29, 1.82) is 0 Å². The number of carbonyl (C=O) groups is 1. The standard InChI is InChI=1S/C19H19N3O2S2/c23-17(20-11-13-5-3-9-24-13)12-26-19-14-6-1-2-7-15(14)21-18(22-19)16-8-4-10-25-16/h1-2,4,6-8,10,13H,3,5,9,11-12H2,(H,20,23)/t13-/m0/s1. The number of thiophene rings is 1. The van der Waals surface area contributed by atoms with E-state index in [2.05, 4.69) is 10.3 Å². The highest BCUT2D eigenvalue weighted by molar-refractivity contribution is 8.00. The summed E-state index contributed by atoms with van der Waals surface area (Å²) in [7, 11) is 0. The van der Waals surface area contributed by atoms with Crippen molar-refractivity contribution >= 4 is 39.9 Å². The molecule has 4 rings (SSSR count). The molecule has 1 N–H and O–H groups in total. The second kappa shape index (κ2) is 8.16. The molecule has 1 amide bonds. The van der Waals surface area contributed by atoms with Crippen molar-refractivity contribution in [3.05, 3.63) is 41.8 Å². The lowest BCUT2D eigenvalue weighted by molar-refractivity contribution is -0.119. The fourth-order valence-corrected chi connectivity index (χ4v) is 4.40. The molecule has 1 aliphatic rings. The van der Waals surface area contributed by atoms with Gasteiger partial charge in [0.25, 0.3) is 0 Å². The largest absolute Gasteiger partial charge is 0.376 e. The molecule has 0 aliphatic carbocycles. The Labute approximate surface area is 160 Å². The van der Waals surface area contributed by atoms with E-state index in [4.69, 9.17) is 9.72 Å². The Morgan fingerprint density at radius 3 is 3.00 bits per heavy atom. The summed E-state index contributed by atoms with van der Waals surface area (Å²) in [5, 5.41) is 6.79. The Morgan fingerprint density at radius 2 is 2.19 bits per heavy atom. The maximum atomic E-state index is 12.2. The number of rotatable bonds is 6. The van der Waals surface area contributed by atoms with E-state index in [1.807, 2.05) is 41.8 Å². The normalized spacial score (nSPS) is 16.8. The Bertz CT molecular complexity index is 893. The van der Waals surface area contributed by atoms with Crippen molar-refractivity contribution < 1.29 is 9.53 Å². The van der Waals surface area contributed by atoms with Gasteiger partial charge < -0.3 is 10.1 Å². The topological polar surface area (TPSA) is 64.1 Å². The molecule has 134 valence electrons. The van der Waals surface area contributed by atoms with Crippen LogP contribution in [0, 0.1) is 0 Å². The van der Waals surface area contributed by atoms with E-state index >= 15 is 0 Å². The number of carbonyl (C=O) groups excluding carboxylic acids is 1. The average Bonchev–Trinajstić information content (AvgIpc) is 3.38. The van der Waals surface area contributed by atoms with E-state index in [1.165, 1.54) is 11.8 Å². The molecule has 1 aliphatic heterocycles. The molecule has 1 fully saturated rings. The molecule has 1 atom stereocenters. The van der Waals surface area contributed by atoms with E-state index in [-0.39, 0.29) is 12.0 Å². The van der Waals surface area contributed by atoms with Crippen LogP contribution in [0.1, 0.15) is 12.8 Å². The van der Waals surface area contributed by atoms with Crippen LogP contribution in [0.2, 0.25) is 0 Å². The molecule has 1 aromatic carbocycles. The summed E-state index contributed by atoms with van der Waals surface area (Å²) in [6.07, 6.45) is 2.26. The highest BCUT2D eigenvalue weighted by Crippen LogP contribution is 2.29. The van der Waals surface area contributed by atoms with Gasteiger partial charge in [-0.3, -0.25) is 4.79 Å². The van der Waals surface area contributed by atoms with Crippen LogP contribution in [0.25, 0.3) is 21.6 Å². The molecular weight excluding hydrogens is 366 g/mol. The van der Waals surface area contributed by atoms with Crippen LogP contribution < -0.4 is 5.32 Å². The Kier molecular flexibility index (Phi) is 5.48. The molecule has 2 aromatic heterocycles. The lowest BCUT2D eigenvalue weighted by atomic mass is 10.2. The van der Waals surface area contributed by atoms with Crippen molar-refractivity contribution in [3.8, 4) is 10.7 Å². The summed E-state index contributed by atoms with van der Waals surface area (Å²) in [4.78, 5) is 22.6. The minimum atomic E-state index is 0.00543. The van der Waals surface area contributed by atoms with Gasteiger partial charge in [-0.15, -0.1) is 11.3 Å². The SMILES string of the molecule is O=C(CSc1nc(-c2cccs2)nc2ccccc12)NC[C@@H]1CCCO1. The summed E-state index contributed by atoms with van der Waals surface area (Å²) < 4.78 is 5.54. The van der Waals surface area contributed by atoms with Crippen LogP contribution in [0.15, 0.2) is 46.8 Å². The van der Waals surface area contributed by atoms with Crippen molar-refractivity contribution in [1.82, 2.24) is 15.3 Å². The van der Waals surface area contributed by atoms with E-state index in [9.17, 15) is 4.79 Å². The minimum absolute atomic E-state index is 0.00543. The van der Waals surface area contributed by atoms with Crippen LogP contribution in [-0.2, 0) is 9.53 Å². The van der Waals surface area contributed by atoms with Crippen LogP contribution in [0.5, 0.6) is 0 Å². The molecule has 0 radical (unpaired) electrons. The first-order valence-corrected chi connectivity index (χ1v) is 10.5. The van der Waals surface area contributed by atoms with Crippen molar-refractivity contribution in [2.75, 3.05) is 18.9 Å². The molecule has 26 heavy (non-hydrogen) atoms. The number of nitrogens with one attached hydrogen (secondary N) is 1. The third-order valence-corrected chi connectivity index (χ3v) is 6.06. The number of hydrogen-bond donors (Lipinski definition) is 1. The molecule has 0 unspecified atom stereocenters. The summed E-state index contributed by atoms with van der Waals surface area (Å²) >= 11 is 3.07. The fraction of sp³-hybridized carbons (Fsp3) is 0.316. The van der Waals surface area contributed by atoms with Crippen molar-refractivity contribution in [2.45, 2.75) is 24.0 Å². The third-order valence-electron chi connectivity index (χ3n) is 4.20. The number of thioether (sulfide) groups is 1. The predicted octanol–water partition coefficient (Wildman–Crippen LogP) is 3.75. The van der Waals surface area contributed by atoms with Gasteiger partial charge in [0, 0.05) is 18.5 Å². The molecule has 1 saturated heterocycles. The number of para-hydroxylation sites is 1. The predicted molar refractivity (Wildman–Crippen MR) is 106 cm³/mol. The molecule has 3 aromatic rings. The van der Waals surface area contributed by atoms with Crippen LogP contribution in [0.3, 0.4) is 0 Å². The van der Waals surface area contributed by atoms with Gasteiger partial charge in [-0.25, -0.2) is 9.97 Å². The van der Waals surface area contributed by atoms with Gasteiger partial charge in [0.2, 0.25) is 5.91 Å². The summed E-state index contributed by atoms with van der Waals surface area (Å²) in [5.41, 5.74) is 0.896. The molecule has 5 nitrogen and oxygen atoms in total. The van der Waals surface area contributed by atoms with Gasteiger partial charge in [-0.1, -0.05) is 36.0 Å². The van der Waals surface area contributed by atoms with Crippen molar-refractivity contribution in [3.63, 3.8) is 0 Å². The first kappa shape index (κ1) is 17.5. The zero-order valence-corrected chi connectivity index (χ0v) is 15.8. The maximum absolute atomic E-state index is 12.2. The molecule has 7 heteroatoms. The average molecular weight is 386 g/mol. The fourth-order valence-electron chi connectivity index (χ4n) is 2.89. The van der Waals surface area contributed by atoms with Crippen molar-refractivity contribution in [2.24, 2.45) is 0 Å². The lowest BCUT2D eigenvalue weighted by Gasteiger charge is -2.11. The zero-order chi connectivity index (χ0) is 17.8. The summed E-state index contributed by atoms with van der Waals surface area (Å²) in [5.74, 6) is 1.05. The Balaban J connectivity index is 1.48. The molecule has 0 bridgehead atoms. The third kappa shape index (κ3) is 4.06. The van der Waals surface area contributed by atoms with Gasteiger partial charge in [-0.05, 0) is 30.4 Å². The highest BCUT2D eigenvalue weighted by atomic mass is 32.2. The molecule has 3 heterocycles. The van der Waals surface area contributed by atoms with Gasteiger partial charge in [0.05, 0.1) is 22.3 Å². The highest BCUT2D eigenvalue weighted by Gasteiger charge is 2.17. The van der Waals surface area contributed by atoms with Gasteiger partial charge in [0.1, 0.15) is 5.03 Å². The quantitative estimate of drug-likeness (QED) is 0.517. The Morgan fingerprint density at radius 1 is 1.27 bits per heavy atom. The second-order valence-corrected chi connectivity index (χ2v) is 7.99. The first-order valence-electron chi connectivity index (χ1n) is 8.61. The monoisotopic (exact) mass is 385 g/mol. The first-order chi connectivity index (χ1) is 12.8. The summed E-state index contributed by atoms with van der Waals surface area (Å²) in [6, 6.07) is 11.9. The maximum Gasteiger partial charge on any atom is 0.230 e. The Hall–Kier alpha value is -1.96. The van der Waals surface area contributed by atoms with Crippen LogP contribution in [0.4, 0.5) is 0 Å². The minimum Gasteiger partial charge on any atom is -0.376 e. The number of amides is 1. The van der Waals surface area contributed by atoms with Gasteiger partial charge >= 0.3 is 0 Å². The molecular formula is C19H19N3O2S2. The lowest BCUT2D eigenvalue weighted by Crippen LogP contribution is -2.32. The number of benzene rings is 1. The number of ether oxygens (including phenoxy) is 1. The number of nitrogens with zero attached hydrogens (tertiary/aromatic N) is 2.